The fourth-order valence-electron chi connectivity index (χ4n) is 2.74. The summed E-state index contributed by atoms with van der Waals surface area (Å²) in [5.74, 6) is -1.25. The molecule has 7 nitrogen and oxygen atoms in total. The van der Waals surface area contributed by atoms with E-state index >= 15 is 0 Å². The summed E-state index contributed by atoms with van der Waals surface area (Å²) in [5.41, 5.74) is 1.15. The highest BCUT2D eigenvalue weighted by Gasteiger charge is 2.35. The van der Waals surface area contributed by atoms with Crippen LogP contribution in [0.25, 0.3) is 6.08 Å². The van der Waals surface area contributed by atoms with Crippen molar-refractivity contribution in [2.24, 2.45) is 0 Å². The maximum Gasteiger partial charge on any atom is 0.270 e. The lowest BCUT2D eigenvalue weighted by atomic mass is 10.1. The number of non-ortho nitro benzene ring substituents is 1. The van der Waals surface area contributed by atoms with Gasteiger partial charge in [0, 0.05) is 17.7 Å². The van der Waals surface area contributed by atoms with Crippen LogP contribution in [-0.4, -0.2) is 34.0 Å². The van der Waals surface area contributed by atoms with Gasteiger partial charge in [-0.15, -0.1) is 0 Å². The Morgan fingerprint density at radius 3 is 2.23 bits per heavy atom. The monoisotopic (exact) mass is 350 g/mol. The highest BCUT2D eigenvalue weighted by Crippen LogP contribution is 2.24. The number of carbonyl (C=O) groups is 3. The molecule has 0 unspecified atom stereocenters. The molecule has 1 heterocycles. The molecule has 0 saturated carbocycles. The molecule has 1 aliphatic heterocycles. The van der Waals surface area contributed by atoms with Crippen LogP contribution in [0.2, 0.25) is 0 Å². The van der Waals surface area contributed by atoms with Crippen molar-refractivity contribution >= 4 is 29.4 Å². The number of imide groups is 1. The van der Waals surface area contributed by atoms with Crippen LogP contribution in [0, 0.1) is 10.1 Å². The average molecular weight is 350 g/mol. The van der Waals surface area contributed by atoms with Crippen LogP contribution in [0.15, 0.2) is 54.1 Å². The molecule has 130 valence electrons. The van der Waals surface area contributed by atoms with E-state index in [9.17, 15) is 24.5 Å². The lowest BCUT2D eigenvalue weighted by Crippen LogP contribution is -2.32. The van der Waals surface area contributed by atoms with E-state index in [0.717, 1.165) is 4.90 Å². The van der Waals surface area contributed by atoms with Crippen molar-refractivity contribution in [1.29, 1.82) is 0 Å². The molecule has 26 heavy (non-hydrogen) atoms. The second-order valence-electron chi connectivity index (χ2n) is 5.82. The summed E-state index contributed by atoms with van der Waals surface area (Å²) in [6, 6.07) is 12.2. The summed E-state index contributed by atoms with van der Waals surface area (Å²) in [5, 5.41) is 10.9. The number of rotatable bonds is 5. The van der Waals surface area contributed by atoms with Gasteiger partial charge in [0.25, 0.3) is 17.5 Å². The zero-order valence-electron chi connectivity index (χ0n) is 13.8. The predicted molar refractivity (Wildman–Crippen MR) is 93.6 cm³/mol. The summed E-state index contributed by atoms with van der Waals surface area (Å²) in [4.78, 5) is 48.2. The van der Waals surface area contributed by atoms with Crippen molar-refractivity contribution in [3.63, 3.8) is 0 Å². The van der Waals surface area contributed by atoms with Gasteiger partial charge in [0.15, 0.2) is 5.78 Å². The van der Waals surface area contributed by atoms with Gasteiger partial charge in [-0.2, -0.15) is 0 Å². The minimum atomic E-state index is -0.533. The minimum Gasteiger partial charge on any atom is -0.295 e. The van der Waals surface area contributed by atoms with Gasteiger partial charge >= 0.3 is 0 Å². The normalized spacial score (nSPS) is 13.7. The largest absolute Gasteiger partial charge is 0.295 e. The summed E-state index contributed by atoms with van der Waals surface area (Å²) in [6.07, 6.45) is 1.46. The first kappa shape index (κ1) is 17.2. The first-order valence-electron chi connectivity index (χ1n) is 7.79. The number of benzene rings is 2. The molecule has 0 fully saturated rings. The molecule has 2 amide bonds. The third kappa shape index (κ3) is 3.14. The quantitative estimate of drug-likeness (QED) is 0.357. The molecule has 3 rings (SSSR count). The van der Waals surface area contributed by atoms with Crippen molar-refractivity contribution in [3.05, 3.63) is 80.9 Å². The van der Waals surface area contributed by atoms with Crippen LogP contribution in [0.3, 0.4) is 0 Å². The smallest absolute Gasteiger partial charge is 0.270 e. The van der Waals surface area contributed by atoms with E-state index in [2.05, 4.69) is 0 Å². The van der Waals surface area contributed by atoms with Gasteiger partial charge in [-0.05, 0) is 30.7 Å². The van der Waals surface area contributed by atoms with Crippen molar-refractivity contribution in [2.45, 2.75) is 6.92 Å². The van der Waals surface area contributed by atoms with Crippen LogP contribution >= 0.6 is 0 Å². The zero-order valence-corrected chi connectivity index (χ0v) is 13.8. The number of ketones is 1. The fraction of sp³-hybridized carbons (Fsp3) is 0.105. The Labute approximate surface area is 148 Å². The molecular formula is C19H14N2O5. The first-order valence-corrected chi connectivity index (χ1v) is 7.79. The van der Waals surface area contributed by atoms with Crippen LogP contribution in [-0.2, 0) is 4.79 Å². The third-order valence-corrected chi connectivity index (χ3v) is 4.08. The maximum atomic E-state index is 12.4. The van der Waals surface area contributed by atoms with E-state index in [-0.39, 0.29) is 23.6 Å². The molecule has 0 bridgehead atoms. The topological polar surface area (TPSA) is 97.6 Å². The van der Waals surface area contributed by atoms with E-state index in [4.69, 9.17) is 0 Å². The number of hydrogen-bond donors (Lipinski definition) is 0. The fourth-order valence-corrected chi connectivity index (χ4v) is 2.74. The second-order valence-corrected chi connectivity index (χ2v) is 5.82. The average Bonchev–Trinajstić information content (AvgIpc) is 2.86. The van der Waals surface area contributed by atoms with Gasteiger partial charge in [0.05, 0.1) is 22.6 Å². The van der Waals surface area contributed by atoms with Crippen molar-refractivity contribution < 1.29 is 19.3 Å². The molecule has 0 radical (unpaired) electrons. The Morgan fingerprint density at radius 1 is 1.08 bits per heavy atom. The van der Waals surface area contributed by atoms with Crippen molar-refractivity contribution in [1.82, 2.24) is 4.90 Å². The first-order chi connectivity index (χ1) is 12.4. The highest BCUT2D eigenvalue weighted by atomic mass is 16.6. The highest BCUT2D eigenvalue weighted by molar-refractivity contribution is 6.22. The minimum absolute atomic E-state index is 0.109. The summed E-state index contributed by atoms with van der Waals surface area (Å²) in [6.45, 7) is 1.13. The molecule has 7 heteroatoms. The van der Waals surface area contributed by atoms with Gasteiger partial charge in [-0.25, -0.2) is 0 Å². The Morgan fingerprint density at radius 2 is 1.69 bits per heavy atom. The summed E-state index contributed by atoms with van der Waals surface area (Å²) in [7, 11) is 0. The summed E-state index contributed by atoms with van der Waals surface area (Å²) < 4.78 is 0. The van der Waals surface area contributed by atoms with E-state index in [0.29, 0.717) is 16.7 Å². The zero-order chi connectivity index (χ0) is 18.8. The molecule has 0 saturated heterocycles. The molecular weight excluding hydrogens is 336 g/mol. The lowest BCUT2D eigenvalue weighted by Gasteiger charge is -2.15. The van der Waals surface area contributed by atoms with Crippen molar-refractivity contribution in [3.8, 4) is 0 Å². The number of fused-ring (bicyclic) bond motifs is 1. The molecule has 0 N–H and O–H groups in total. The molecule has 0 spiro atoms. The molecule has 2 aromatic carbocycles. The standard InChI is InChI=1S/C19H14N2O5/c1-12(22)14(9-13-5-4-6-15(10-13)21(25)26)11-20-18(23)16-7-2-3-8-17(16)19(20)24/h2-10H,11H2,1H3/b14-9+. The number of Topliss-reactive ketones (excluding diaryl/α,β-unsaturated/α-hetero) is 1. The van der Waals surface area contributed by atoms with Gasteiger partial charge in [0.2, 0.25) is 0 Å². The Kier molecular flexibility index (Phi) is 4.45. The van der Waals surface area contributed by atoms with Crippen LogP contribution < -0.4 is 0 Å². The Bertz CT molecular complexity index is 942. The van der Waals surface area contributed by atoms with Gasteiger partial charge in [-0.3, -0.25) is 29.4 Å². The summed E-state index contributed by atoms with van der Waals surface area (Å²) >= 11 is 0. The SMILES string of the molecule is CC(=O)/C(=C/c1cccc([N+](=O)[O-])c1)CN1C(=O)c2ccccc2C1=O. The molecule has 1 aliphatic rings. The molecule has 0 aromatic heterocycles. The van der Waals surface area contributed by atoms with Gasteiger partial charge in [0.1, 0.15) is 0 Å². The molecule has 0 aliphatic carbocycles. The van der Waals surface area contributed by atoms with E-state index in [1.807, 2.05) is 0 Å². The van der Waals surface area contributed by atoms with Crippen LogP contribution in [0.1, 0.15) is 33.2 Å². The maximum absolute atomic E-state index is 12.4. The van der Waals surface area contributed by atoms with Gasteiger partial charge in [-0.1, -0.05) is 24.3 Å². The van der Waals surface area contributed by atoms with E-state index in [1.165, 1.54) is 31.2 Å². The number of amides is 2. The molecule has 0 atom stereocenters. The number of nitro benzene ring substituents is 1. The third-order valence-electron chi connectivity index (χ3n) is 4.08. The number of nitrogens with zero attached hydrogens (tertiary/aromatic N) is 2. The number of carbonyl (C=O) groups excluding carboxylic acids is 3. The predicted octanol–water partition coefficient (Wildman–Crippen LogP) is 2.86. The van der Waals surface area contributed by atoms with E-state index < -0.39 is 16.7 Å². The molecule has 2 aromatic rings. The number of nitro groups is 1. The van der Waals surface area contributed by atoms with E-state index in [1.54, 1.807) is 30.3 Å². The van der Waals surface area contributed by atoms with Crippen LogP contribution in [0.4, 0.5) is 5.69 Å². The lowest BCUT2D eigenvalue weighted by molar-refractivity contribution is -0.384. The van der Waals surface area contributed by atoms with Gasteiger partial charge < -0.3 is 0 Å². The van der Waals surface area contributed by atoms with Crippen molar-refractivity contribution in [2.75, 3.05) is 6.54 Å². The van der Waals surface area contributed by atoms with Crippen LogP contribution in [0.5, 0.6) is 0 Å². The Hall–Kier alpha value is -3.61. The second kappa shape index (κ2) is 6.72. The Balaban J connectivity index is 1.92. The number of hydrogen-bond acceptors (Lipinski definition) is 5.